The van der Waals surface area contributed by atoms with Gasteiger partial charge in [0.05, 0.1) is 16.3 Å². The molecule has 0 aromatic heterocycles. The van der Waals surface area contributed by atoms with E-state index in [0.29, 0.717) is 10.7 Å². The second kappa shape index (κ2) is 4.52. The molecule has 1 aliphatic rings. The molecule has 0 atom stereocenters. The molecule has 0 bridgehead atoms. The van der Waals surface area contributed by atoms with Crippen LogP contribution in [0.4, 0.5) is 11.4 Å². The van der Waals surface area contributed by atoms with Crippen LogP contribution in [0, 0.1) is 0 Å². The van der Waals surface area contributed by atoms with Crippen LogP contribution in [-0.2, 0) is 4.74 Å². The summed E-state index contributed by atoms with van der Waals surface area (Å²) in [6.07, 6.45) is 3.47. The van der Waals surface area contributed by atoms with Gasteiger partial charge in [-0.1, -0.05) is 11.6 Å². The molecule has 4 heteroatoms. The highest BCUT2D eigenvalue weighted by atomic mass is 35.5. The van der Waals surface area contributed by atoms with Crippen molar-refractivity contribution in [1.29, 1.82) is 0 Å². The zero-order valence-corrected chi connectivity index (χ0v) is 10.2. The fourth-order valence-corrected chi connectivity index (χ4v) is 2.21. The molecule has 1 saturated carbocycles. The lowest BCUT2D eigenvalue weighted by molar-refractivity contribution is -0.0601. The third kappa shape index (κ3) is 2.25. The van der Waals surface area contributed by atoms with Crippen molar-refractivity contribution in [3.05, 3.63) is 23.2 Å². The molecule has 0 radical (unpaired) electrons. The Morgan fingerprint density at radius 3 is 2.75 bits per heavy atom. The van der Waals surface area contributed by atoms with E-state index in [9.17, 15) is 0 Å². The summed E-state index contributed by atoms with van der Waals surface area (Å²) in [5.74, 6) is 0. The maximum Gasteiger partial charge on any atom is 0.0850 e. The molecule has 0 aliphatic heterocycles. The molecule has 1 aromatic carbocycles. The smallest absolute Gasteiger partial charge is 0.0850 e. The van der Waals surface area contributed by atoms with E-state index in [1.807, 2.05) is 12.1 Å². The van der Waals surface area contributed by atoms with Gasteiger partial charge in [-0.25, -0.2) is 0 Å². The highest BCUT2D eigenvalue weighted by Gasteiger charge is 2.36. The number of methoxy groups -OCH3 is 1. The lowest BCUT2D eigenvalue weighted by atomic mass is 9.80. The topological polar surface area (TPSA) is 47.3 Å². The SMILES string of the molecule is COC1(CNc2ccc(N)cc2Cl)CCC1. The van der Waals surface area contributed by atoms with Gasteiger partial charge in [-0.05, 0) is 37.5 Å². The minimum atomic E-state index is 0.00468. The maximum absolute atomic E-state index is 6.08. The number of ether oxygens (including phenoxy) is 1. The van der Waals surface area contributed by atoms with Crippen molar-refractivity contribution >= 4 is 23.0 Å². The molecule has 1 aromatic rings. The standard InChI is InChI=1S/C12H17ClN2O/c1-16-12(5-2-6-12)8-15-11-4-3-9(14)7-10(11)13/h3-4,7,15H,2,5-6,8,14H2,1H3. The summed E-state index contributed by atoms with van der Waals surface area (Å²) in [5.41, 5.74) is 7.24. The molecule has 1 fully saturated rings. The average molecular weight is 241 g/mol. The molecule has 16 heavy (non-hydrogen) atoms. The van der Waals surface area contributed by atoms with E-state index in [0.717, 1.165) is 25.1 Å². The van der Waals surface area contributed by atoms with E-state index in [4.69, 9.17) is 22.1 Å². The zero-order valence-electron chi connectivity index (χ0n) is 9.42. The second-order valence-corrected chi connectivity index (χ2v) is 4.74. The van der Waals surface area contributed by atoms with Crippen molar-refractivity contribution in [3.8, 4) is 0 Å². The van der Waals surface area contributed by atoms with E-state index in [1.54, 1.807) is 13.2 Å². The number of rotatable bonds is 4. The van der Waals surface area contributed by atoms with Crippen LogP contribution >= 0.6 is 11.6 Å². The van der Waals surface area contributed by atoms with E-state index < -0.39 is 0 Å². The van der Waals surface area contributed by atoms with Gasteiger partial charge in [0.25, 0.3) is 0 Å². The Bertz CT molecular complexity index is 372. The number of nitrogen functional groups attached to an aromatic ring is 1. The summed E-state index contributed by atoms with van der Waals surface area (Å²) in [7, 11) is 1.77. The van der Waals surface area contributed by atoms with Gasteiger partial charge in [-0.2, -0.15) is 0 Å². The normalized spacial score (nSPS) is 17.9. The van der Waals surface area contributed by atoms with Crippen molar-refractivity contribution in [2.75, 3.05) is 24.7 Å². The molecular formula is C12H17ClN2O. The zero-order chi connectivity index (χ0) is 11.6. The molecule has 0 spiro atoms. The Labute approximate surface area is 101 Å². The fourth-order valence-electron chi connectivity index (χ4n) is 1.96. The van der Waals surface area contributed by atoms with Gasteiger partial charge in [0, 0.05) is 19.3 Å². The van der Waals surface area contributed by atoms with Crippen LogP contribution in [0.5, 0.6) is 0 Å². The second-order valence-electron chi connectivity index (χ2n) is 4.33. The van der Waals surface area contributed by atoms with E-state index in [1.165, 1.54) is 6.42 Å². The van der Waals surface area contributed by atoms with Gasteiger partial charge in [0.2, 0.25) is 0 Å². The number of halogens is 1. The predicted octanol–water partition coefficient (Wildman–Crippen LogP) is 2.90. The number of nitrogens with one attached hydrogen (secondary N) is 1. The molecule has 3 nitrogen and oxygen atoms in total. The highest BCUT2D eigenvalue weighted by Crippen LogP contribution is 2.35. The molecular weight excluding hydrogens is 224 g/mol. The quantitative estimate of drug-likeness (QED) is 0.796. The summed E-state index contributed by atoms with van der Waals surface area (Å²) < 4.78 is 5.53. The Kier molecular flexibility index (Phi) is 3.26. The molecule has 0 saturated heterocycles. The van der Waals surface area contributed by atoms with Crippen LogP contribution in [0.1, 0.15) is 19.3 Å². The van der Waals surface area contributed by atoms with E-state index in [2.05, 4.69) is 5.32 Å². The molecule has 0 amide bonds. The lowest BCUT2D eigenvalue weighted by Crippen LogP contribution is -2.45. The largest absolute Gasteiger partial charge is 0.399 e. The summed E-state index contributed by atoms with van der Waals surface area (Å²) >= 11 is 6.08. The molecule has 1 aliphatic carbocycles. The molecule has 0 unspecified atom stereocenters. The van der Waals surface area contributed by atoms with Gasteiger partial charge in [0.1, 0.15) is 0 Å². The number of hydrogen-bond acceptors (Lipinski definition) is 3. The first-order valence-electron chi connectivity index (χ1n) is 5.49. The summed E-state index contributed by atoms with van der Waals surface area (Å²) in [6.45, 7) is 0.799. The van der Waals surface area contributed by atoms with Crippen molar-refractivity contribution in [1.82, 2.24) is 0 Å². The van der Waals surface area contributed by atoms with Gasteiger partial charge in [-0.3, -0.25) is 0 Å². The first-order valence-corrected chi connectivity index (χ1v) is 5.87. The van der Waals surface area contributed by atoms with Gasteiger partial charge in [-0.15, -0.1) is 0 Å². The van der Waals surface area contributed by atoms with Crippen molar-refractivity contribution < 1.29 is 4.74 Å². The Morgan fingerprint density at radius 1 is 1.50 bits per heavy atom. The van der Waals surface area contributed by atoms with E-state index >= 15 is 0 Å². The Balaban J connectivity index is 1.99. The van der Waals surface area contributed by atoms with Crippen LogP contribution in [-0.4, -0.2) is 19.3 Å². The van der Waals surface area contributed by atoms with Crippen LogP contribution in [0.2, 0.25) is 5.02 Å². The van der Waals surface area contributed by atoms with Crippen molar-refractivity contribution in [2.45, 2.75) is 24.9 Å². The number of nitrogens with two attached hydrogens (primary N) is 1. The van der Waals surface area contributed by atoms with Crippen molar-refractivity contribution in [3.63, 3.8) is 0 Å². The van der Waals surface area contributed by atoms with Crippen LogP contribution in [0.25, 0.3) is 0 Å². The Hall–Kier alpha value is -0.930. The molecule has 2 rings (SSSR count). The number of anilines is 2. The lowest BCUT2D eigenvalue weighted by Gasteiger charge is -2.40. The summed E-state index contributed by atoms with van der Waals surface area (Å²) in [4.78, 5) is 0. The van der Waals surface area contributed by atoms with Crippen LogP contribution < -0.4 is 11.1 Å². The van der Waals surface area contributed by atoms with Gasteiger partial charge >= 0.3 is 0 Å². The minimum absolute atomic E-state index is 0.00468. The first kappa shape index (κ1) is 11.6. The number of hydrogen-bond donors (Lipinski definition) is 2. The molecule has 0 heterocycles. The molecule has 3 N–H and O–H groups in total. The monoisotopic (exact) mass is 240 g/mol. The third-order valence-electron chi connectivity index (χ3n) is 3.29. The summed E-state index contributed by atoms with van der Waals surface area (Å²) in [6, 6.07) is 5.50. The predicted molar refractivity (Wildman–Crippen MR) is 67.9 cm³/mol. The molecule has 88 valence electrons. The van der Waals surface area contributed by atoms with Crippen LogP contribution in [0.3, 0.4) is 0 Å². The van der Waals surface area contributed by atoms with Gasteiger partial charge < -0.3 is 15.8 Å². The fraction of sp³-hybridized carbons (Fsp3) is 0.500. The van der Waals surface area contributed by atoms with Gasteiger partial charge in [0.15, 0.2) is 0 Å². The maximum atomic E-state index is 6.08. The Morgan fingerprint density at radius 2 is 2.25 bits per heavy atom. The summed E-state index contributed by atoms with van der Waals surface area (Å²) in [5, 5.41) is 3.98. The minimum Gasteiger partial charge on any atom is -0.399 e. The van der Waals surface area contributed by atoms with E-state index in [-0.39, 0.29) is 5.60 Å². The highest BCUT2D eigenvalue weighted by molar-refractivity contribution is 6.33. The average Bonchev–Trinajstić information content (AvgIpc) is 2.19. The first-order chi connectivity index (χ1) is 7.65. The number of benzene rings is 1. The van der Waals surface area contributed by atoms with Crippen LogP contribution in [0.15, 0.2) is 18.2 Å². The third-order valence-corrected chi connectivity index (χ3v) is 3.60. The van der Waals surface area contributed by atoms with Crippen molar-refractivity contribution in [2.24, 2.45) is 0 Å².